The van der Waals surface area contributed by atoms with Gasteiger partial charge in [-0.15, -0.1) is 0 Å². The zero-order chi connectivity index (χ0) is 11.0. The Morgan fingerprint density at radius 2 is 2.20 bits per heavy atom. The highest BCUT2D eigenvalue weighted by Crippen LogP contribution is 2.25. The van der Waals surface area contributed by atoms with Crippen molar-refractivity contribution in [1.82, 2.24) is 15.0 Å². The number of rotatable bonds is 1. The molecule has 78 valence electrons. The molecular formula is C8H5Cl2N3O2. The Kier molecular flexibility index (Phi) is 2.50. The average molecular weight is 246 g/mol. The van der Waals surface area contributed by atoms with E-state index in [1.165, 1.54) is 13.3 Å². The van der Waals surface area contributed by atoms with Crippen LogP contribution in [-0.2, 0) is 4.74 Å². The minimum absolute atomic E-state index is 0.0192. The molecule has 2 heterocycles. The molecule has 0 aliphatic carbocycles. The maximum absolute atomic E-state index is 11.3. The van der Waals surface area contributed by atoms with E-state index < -0.39 is 5.97 Å². The fourth-order valence-corrected chi connectivity index (χ4v) is 1.72. The molecule has 0 aromatic carbocycles. The van der Waals surface area contributed by atoms with E-state index in [1.807, 2.05) is 0 Å². The summed E-state index contributed by atoms with van der Waals surface area (Å²) in [5.74, 6) is -0.505. The van der Waals surface area contributed by atoms with Crippen molar-refractivity contribution in [3.05, 3.63) is 22.2 Å². The molecule has 1 N–H and O–H groups in total. The first-order valence-electron chi connectivity index (χ1n) is 3.92. The fraction of sp³-hybridized carbons (Fsp3) is 0.125. The summed E-state index contributed by atoms with van der Waals surface area (Å²) >= 11 is 11.5. The first kappa shape index (κ1) is 10.2. The number of aromatic amines is 1. The number of H-pyrrole nitrogens is 1. The standard InChI is InChI=1S/C8H5Cl2N3O2/c1-15-7(14)3-2-11-6-4(3)5(9)12-8(10)13-6/h2H,1H3,(H,11,12,13). The predicted octanol–water partition coefficient (Wildman–Crippen LogP) is 2.05. The van der Waals surface area contributed by atoms with Gasteiger partial charge >= 0.3 is 5.97 Å². The highest BCUT2D eigenvalue weighted by atomic mass is 35.5. The number of carbonyl (C=O) groups is 1. The molecule has 0 unspecified atom stereocenters. The molecule has 0 atom stereocenters. The first-order valence-corrected chi connectivity index (χ1v) is 4.67. The van der Waals surface area contributed by atoms with Crippen molar-refractivity contribution in [1.29, 1.82) is 0 Å². The van der Waals surface area contributed by atoms with Crippen LogP contribution in [0.3, 0.4) is 0 Å². The van der Waals surface area contributed by atoms with Gasteiger partial charge in [0.15, 0.2) is 0 Å². The summed E-state index contributed by atoms with van der Waals surface area (Å²) in [5, 5.41) is 0.547. The van der Waals surface area contributed by atoms with E-state index in [-0.39, 0.29) is 16.0 Å². The molecule has 5 nitrogen and oxygen atoms in total. The van der Waals surface area contributed by atoms with Gasteiger partial charge in [0.1, 0.15) is 10.8 Å². The maximum Gasteiger partial charge on any atom is 0.340 e. The van der Waals surface area contributed by atoms with Gasteiger partial charge in [-0.05, 0) is 11.6 Å². The summed E-state index contributed by atoms with van der Waals surface area (Å²) in [6, 6.07) is 0. The van der Waals surface area contributed by atoms with E-state index in [2.05, 4.69) is 19.7 Å². The Morgan fingerprint density at radius 1 is 1.47 bits per heavy atom. The quantitative estimate of drug-likeness (QED) is 0.475. The van der Waals surface area contributed by atoms with Crippen LogP contribution in [0.25, 0.3) is 11.0 Å². The minimum atomic E-state index is -0.505. The van der Waals surface area contributed by atoms with Crippen molar-refractivity contribution in [3.63, 3.8) is 0 Å². The number of fused-ring (bicyclic) bond motifs is 1. The lowest BCUT2D eigenvalue weighted by Gasteiger charge is -1.98. The van der Waals surface area contributed by atoms with Gasteiger partial charge in [-0.1, -0.05) is 11.6 Å². The molecule has 7 heteroatoms. The molecule has 0 saturated carbocycles. The van der Waals surface area contributed by atoms with Crippen LogP contribution < -0.4 is 0 Å². The number of esters is 1. The second kappa shape index (κ2) is 3.67. The second-order valence-electron chi connectivity index (χ2n) is 2.70. The molecular weight excluding hydrogens is 241 g/mol. The number of methoxy groups -OCH3 is 1. The predicted molar refractivity (Wildman–Crippen MR) is 55.2 cm³/mol. The minimum Gasteiger partial charge on any atom is -0.465 e. The van der Waals surface area contributed by atoms with E-state index in [0.29, 0.717) is 11.0 Å². The van der Waals surface area contributed by atoms with E-state index in [1.54, 1.807) is 0 Å². The lowest BCUT2D eigenvalue weighted by atomic mass is 10.2. The monoisotopic (exact) mass is 245 g/mol. The van der Waals surface area contributed by atoms with Gasteiger partial charge in [-0.2, -0.15) is 4.98 Å². The highest BCUT2D eigenvalue weighted by molar-refractivity contribution is 6.36. The van der Waals surface area contributed by atoms with Crippen LogP contribution in [0.2, 0.25) is 10.4 Å². The Labute approximate surface area is 94.4 Å². The molecule has 0 saturated heterocycles. The number of carbonyl (C=O) groups excluding carboxylic acids is 1. The summed E-state index contributed by atoms with van der Waals surface area (Å²) in [6.07, 6.45) is 1.45. The van der Waals surface area contributed by atoms with Crippen molar-refractivity contribution in [2.45, 2.75) is 0 Å². The summed E-state index contributed by atoms with van der Waals surface area (Å²) in [4.78, 5) is 21.7. The third kappa shape index (κ3) is 1.64. The van der Waals surface area contributed by atoms with Crippen LogP contribution in [0.15, 0.2) is 6.20 Å². The van der Waals surface area contributed by atoms with Crippen molar-refractivity contribution >= 4 is 40.2 Å². The topological polar surface area (TPSA) is 67.9 Å². The Balaban J connectivity index is 2.74. The molecule has 0 aliphatic heterocycles. The number of hydrogen-bond acceptors (Lipinski definition) is 4. The zero-order valence-corrected chi connectivity index (χ0v) is 9.06. The van der Waals surface area contributed by atoms with Gasteiger partial charge in [0.05, 0.1) is 18.1 Å². The van der Waals surface area contributed by atoms with Crippen molar-refractivity contribution in [2.75, 3.05) is 7.11 Å². The number of halogens is 2. The zero-order valence-electron chi connectivity index (χ0n) is 7.54. The van der Waals surface area contributed by atoms with Crippen LogP contribution in [0.5, 0.6) is 0 Å². The van der Waals surface area contributed by atoms with Gasteiger partial charge in [0.25, 0.3) is 0 Å². The molecule has 0 spiro atoms. The molecule has 0 bridgehead atoms. The SMILES string of the molecule is COC(=O)c1c[nH]c2nc(Cl)nc(Cl)c12. The number of nitrogens with one attached hydrogen (secondary N) is 1. The average Bonchev–Trinajstić information content (AvgIpc) is 2.60. The second-order valence-corrected chi connectivity index (χ2v) is 3.40. The lowest BCUT2D eigenvalue weighted by Crippen LogP contribution is -2.00. The largest absolute Gasteiger partial charge is 0.465 e. The number of ether oxygens (including phenoxy) is 1. The van der Waals surface area contributed by atoms with Crippen molar-refractivity contribution in [2.24, 2.45) is 0 Å². The van der Waals surface area contributed by atoms with Crippen molar-refractivity contribution < 1.29 is 9.53 Å². The van der Waals surface area contributed by atoms with Crippen molar-refractivity contribution in [3.8, 4) is 0 Å². The molecule has 15 heavy (non-hydrogen) atoms. The lowest BCUT2D eigenvalue weighted by molar-refractivity contribution is 0.0603. The summed E-state index contributed by atoms with van der Waals surface area (Å²) < 4.78 is 4.58. The number of nitrogens with zero attached hydrogens (tertiary/aromatic N) is 2. The molecule has 0 fully saturated rings. The maximum atomic E-state index is 11.3. The third-order valence-corrected chi connectivity index (χ3v) is 2.31. The van der Waals surface area contributed by atoms with Crippen LogP contribution in [0.4, 0.5) is 0 Å². The molecule has 2 rings (SSSR count). The summed E-state index contributed by atoms with van der Waals surface area (Å²) in [5.41, 5.74) is 0.689. The van der Waals surface area contributed by atoms with E-state index in [0.717, 1.165) is 0 Å². The normalized spacial score (nSPS) is 10.6. The van der Waals surface area contributed by atoms with Crippen LogP contribution in [-0.4, -0.2) is 28.0 Å². The summed E-state index contributed by atoms with van der Waals surface area (Å²) in [7, 11) is 1.28. The number of hydrogen-bond donors (Lipinski definition) is 1. The fourth-order valence-electron chi connectivity index (χ4n) is 1.23. The van der Waals surface area contributed by atoms with Gasteiger partial charge in [0, 0.05) is 6.20 Å². The third-order valence-electron chi connectivity index (χ3n) is 1.87. The van der Waals surface area contributed by atoms with E-state index >= 15 is 0 Å². The highest BCUT2D eigenvalue weighted by Gasteiger charge is 2.17. The number of aromatic nitrogens is 3. The molecule has 0 amide bonds. The Morgan fingerprint density at radius 3 is 2.87 bits per heavy atom. The van der Waals surface area contributed by atoms with E-state index in [9.17, 15) is 4.79 Å². The smallest absolute Gasteiger partial charge is 0.340 e. The van der Waals surface area contributed by atoms with Gasteiger partial charge in [-0.3, -0.25) is 0 Å². The molecule has 2 aromatic heterocycles. The van der Waals surface area contributed by atoms with Crippen LogP contribution in [0.1, 0.15) is 10.4 Å². The molecule has 2 aromatic rings. The van der Waals surface area contributed by atoms with Gasteiger partial charge in [0.2, 0.25) is 5.28 Å². The Bertz CT molecular complexity index is 538. The van der Waals surface area contributed by atoms with Gasteiger partial charge in [-0.25, -0.2) is 9.78 Å². The van der Waals surface area contributed by atoms with E-state index in [4.69, 9.17) is 23.2 Å². The summed E-state index contributed by atoms with van der Waals surface area (Å²) in [6.45, 7) is 0. The Hall–Kier alpha value is -1.33. The van der Waals surface area contributed by atoms with Gasteiger partial charge < -0.3 is 9.72 Å². The van der Waals surface area contributed by atoms with Crippen LogP contribution in [0, 0.1) is 0 Å². The molecule has 0 radical (unpaired) electrons. The van der Waals surface area contributed by atoms with Crippen LogP contribution >= 0.6 is 23.2 Å². The first-order chi connectivity index (χ1) is 7.13. The molecule has 0 aliphatic rings.